The summed E-state index contributed by atoms with van der Waals surface area (Å²) in [6, 6.07) is 6.85. The molecule has 25 heavy (non-hydrogen) atoms. The number of carboxylic acids is 1. The fourth-order valence-corrected chi connectivity index (χ4v) is 3.17. The van der Waals surface area contributed by atoms with Crippen molar-refractivity contribution in [3.63, 3.8) is 0 Å². The van der Waals surface area contributed by atoms with Gasteiger partial charge in [0.25, 0.3) is 0 Å². The topological polar surface area (TPSA) is 53.1 Å². The third-order valence-electron chi connectivity index (χ3n) is 4.37. The highest BCUT2D eigenvalue weighted by molar-refractivity contribution is 6.33. The number of unbranched alkanes of at least 4 members (excludes halogenated alkanes) is 6. The van der Waals surface area contributed by atoms with Gasteiger partial charge >= 0.3 is 5.97 Å². The van der Waals surface area contributed by atoms with Gasteiger partial charge in [-0.2, -0.15) is 0 Å². The molecular weight excluding hydrogens is 341 g/mol. The van der Waals surface area contributed by atoms with Crippen molar-refractivity contribution in [2.45, 2.75) is 58.3 Å². The molecule has 1 aromatic carbocycles. The number of H-pyrrole nitrogens is 1. The number of carboxylic acid groups (broad SMARTS) is 1. The summed E-state index contributed by atoms with van der Waals surface area (Å²) >= 11 is 6.21. The van der Waals surface area contributed by atoms with Crippen LogP contribution in [0.3, 0.4) is 0 Å². The molecule has 3 nitrogen and oxygen atoms in total. The second-order valence-corrected chi connectivity index (χ2v) is 6.80. The monoisotopic (exact) mass is 365 g/mol. The predicted octanol–water partition coefficient (Wildman–Crippen LogP) is 6.47. The molecule has 1 aromatic heterocycles. The standard InChI is InChI=1S/C20H25ClFNO2/c1-2-3-4-5-6-7-8-9-14-10-11-16(21)15(12-14)18-13-17(22)19(23-18)20(24)25/h10-13,23H,2-9H2,1H3,(H,24,25). The van der Waals surface area contributed by atoms with Crippen molar-refractivity contribution in [2.75, 3.05) is 0 Å². The molecular formula is C20H25ClFNO2. The van der Waals surface area contributed by atoms with Gasteiger partial charge < -0.3 is 10.1 Å². The number of aromatic carboxylic acids is 1. The first-order chi connectivity index (χ1) is 12.0. The van der Waals surface area contributed by atoms with E-state index in [4.69, 9.17) is 16.7 Å². The maximum absolute atomic E-state index is 13.7. The van der Waals surface area contributed by atoms with Gasteiger partial charge in [-0.05, 0) is 30.5 Å². The zero-order chi connectivity index (χ0) is 18.2. The van der Waals surface area contributed by atoms with E-state index >= 15 is 0 Å². The number of aromatic nitrogens is 1. The van der Waals surface area contributed by atoms with Gasteiger partial charge in [0, 0.05) is 16.7 Å². The van der Waals surface area contributed by atoms with Crippen molar-refractivity contribution in [2.24, 2.45) is 0 Å². The lowest BCUT2D eigenvalue weighted by molar-refractivity contribution is 0.0686. The van der Waals surface area contributed by atoms with Crippen molar-refractivity contribution >= 4 is 17.6 Å². The van der Waals surface area contributed by atoms with Crippen LogP contribution in [-0.2, 0) is 6.42 Å². The molecule has 0 amide bonds. The Hall–Kier alpha value is -1.81. The number of hydrogen-bond acceptors (Lipinski definition) is 1. The number of benzene rings is 1. The Balaban J connectivity index is 1.98. The molecule has 0 unspecified atom stereocenters. The van der Waals surface area contributed by atoms with Crippen LogP contribution in [0.5, 0.6) is 0 Å². The van der Waals surface area contributed by atoms with Crippen LogP contribution in [0.1, 0.15) is 67.9 Å². The molecule has 0 aliphatic rings. The fourth-order valence-electron chi connectivity index (χ4n) is 2.95. The van der Waals surface area contributed by atoms with E-state index in [1.54, 1.807) is 6.07 Å². The highest BCUT2D eigenvalue weighted by Gasteiger charge is 2.16. The molecule has 0 spiro atoms. The number of rotatable bonds is 10. The van der Waals surface area contributed by atoms with Gasteiger partial charge in [-0.15, -0.1) is 0 Å². The van der Waals surface area contributed by atoms with Crippen LogP contribution < -0.4 is 0 Å². The van der Waals surface area contributed by atoms with E-state index < -0.39 is 17.5 Å². The zero-order valence-corrected chi connectivity index (χ0v) is 15.3. The third kappa shape index (κ3) is 5.60. The summed E-state index contributed by atoms with van der Waals surface area (Å²) in [5, 5.41) is 9.44. The maximum atomic E-state index is 13.7. The third-order valence-corrected chi connectivity index (χ3v) is 4.70. The minimum absolute atomic E-state index is 0.390. The second kappa shape index (κ2) is 9.62. The zero-order valence-electron chi connectivity index (χ0n) is 14.6. The highest BCUT2D eigenvalue weighted by Crippen LogP contribution is 2.30. The predicted molar refractivity (Wildman–Crippen MR) is 99.9 cm³/mol. The van der Waals surface area contributed by atoms with Gasteiger partial charge in [-0.1, -0.05) is 63.1 Å². The lowest BCUT2D eigenvalue weighted by atomic mass is 10.0. The number of halogens is 2. The van der Waals surface area contributed by atoms with Crippen LogP contribution in [0.2, 0.25) is 5.02 Å². The minimum atomic E-state index is -1.32. The van der Waals surface area contributed by atoms with Gasteiger partial charge in [0.15, 0.2) is 11.5 Å². The number of aromatic amines is 1. The molecule has 2 aromatic rings. The lowest BCUT2D eigenvalue weighted by Gasteiger charge is -2.07. The molecule has 0 aliphatic heterocycles. The van der Waals surface area contributed by atoms with Crippen LogP contribution in [-0.4, -0.2) is 16.1 Å². The second-order valence-electron chi connectivity index (χ2n) is 6.40. The molecule has 0 bridgehead atoms. The first kappa shape index (κ1) is 19.5. The lowest BCUT2D eigenvalue weighted by Crippen LogP contribution is -1.99. The van der Waals surface area contributed by atoms with Gasteiger partial charge in [-0.3, -0.25) is 0 Å². The van der Waals surface area contributed by atoms with Crippen molar-refractivity contribution in [3.05, 3.63) is 46.4 Å². The van der Waals surface area contributed by atoms with E-state index in [9.17, 15) is 9.18 Å². The van der Waals surface area contributed by atoms with Crippen molar-refractivity contribution in [1.29, 1.82) is 0 Å². The molecule has 2 N–H and O–H groups in total. The van der Waals surface area contributed by atoms with E-state index in [1.807, 2.05) is 12.1 Å². The van der Waals surface area contributed by atoms with Crippen LogP contribution >= 0.6 is 11.6 Å². The van der Waals surface area contributed by atoms with E-state index in [2.05, 4.69) is 11.9 Å². The van der Waals surface area contributed by atoms with Gasteiger partial charge in [0.05, 0.1) is 5.69 Å². The Morgan fingerprint density at radius 2 is 1.80 bits per heavy atom. The molecule has 0 atom stereocenters. The SMILES string of the molecule is CCCCCCCCCc1ccc(Cl)c(-c2cc(F)c(C(=O)O)[nH]2)c1. The van der Waals surface area contributed by atoms with Crippen molar-refractivity contribution < 1.29 is 14.3 Å². The molecule has 0 saturated heterocycles. The minimum Gasteiger partial charge on any atom is -0.476 e. The molecule has 136 valence electrons. The average molecular weight is 366 g/mol. The Bertz CT molecular complexity index is 712. The maximum Gasteiger partial charge on any atom is 0.355 e. The Morgan fingerprint density at radius 3 is 2.44 bits per heavy atom. The Morgan fingerprint density at radius 1 is 1.12 bits per heavy atom. The summed E-state index contributed by atoms with van der Waals surface area (Å²) in [5.74, 6) is -2.10. The molecule has 0 fully saturated rings. The van der Waals surface area contributed by atoms with Gasteiger partial charge in [0.1, 0.15) is 0 Å². The molecule has 0 saturated carbocycles. The Kier molecular flexibility index (Phi) is 7.51. The summed E-state index contributed by atoms with van der Waals surface area (Å²) in [4.78, 5) is 13.6. The molecule has 1 heterocycles. The van der Waals surface area contributed by atoms with E-state index in [-0.39, 0.29) is 0 Å². The van der Waals surface area contributed by atoms with Crippen molar-refractivity contribution in [1.82, 2.24) is 4.98 Å². The fraction of sp³-hybridized carbons (Fsp3) is 0.450. The van der Waals surface area contributed by atoms with Gasteiger partial charge in [0.2, 0.25) is 0 Å². The van der Waals surface area contributed by atoms with Crippen LogP contribution in [0.4, 0.5) is 4.39 Å². The number of nitrogens with one attached hydrogen (secondary N) is 1. The number of carbonyl (C=O) groups is 1. The van der Waals surface area contributed by atoms with Gasteiger partial charge in [-0.25, -0.2) is 9.18 Å². The largest absolute Gasteiger partial charge is 0.476 e. The van der Waals surface area contributed by atoms with Crippen LogP contribution in [0.15, 0.2) is 24.3 Å². The number of hydrogen-bond donors (Lipinski definition) is 2. The summed E-state index contributed by atoms with van der Waals surface area (Å²) in [7, 11) is 0. The summed E-state index contributed by atoms with van der Waals surface area (Å²) < 4.78 is 13.7. The molecule has 0 aliphatic carbocycles. The summed E-state index contributed by atoms with van der Waals surface area (Å²) in [6.07, 6.45) is 9.67. The van der Waals surface area contributed by atoms with E-state index in [1.165, 1.54) is 44.6 Å². The first-order valence-electron chi connectivity index (χ1n) is 8.93. The molecule has 5 heteroatoms. The smallest absolute Gasteiger partial charge is 0.355 e. The van der Waals surface area contributed by atoms with Crippen LogP contribution in [0.25, 0.3) is 11.3 Å². The summed E-state index contributed by atoms with van der Waals surface area (Å²) in [6.45, 7) is 2.22. The van der Waals surface area contributed by atoms with E-state index in [0.29, 0.717) is 16.3 Å². The van der Waals surface area contributed by atoms with E-state index in [0.717, 1.165) is 18.4 Å². The van der Waals surface area contributed by atoms with Crippen molar-refractivity contribution in [3.8, 4) is 11.3 Å². The normalized spacial score (nSPS) is 11.0. The highest BCUT2D eigenvalue weighted by atomic mass is 35.5. The number of aryl methyl sites for hydroxylation is 1. The quantitative estimate of drug-likeness (QED) is 0.474. The molecule has 0 radical (unpaired) electrons. The average Bonchev–Trinajstić information content (AvgIpc) is 2.97. The summed E-state index contributed by atoms with van der Waals surface area (Å²) in [5.41, 5.74) is 1.71. The van der Waals surface area contributed by atoms with Crippen LogP contribution in [0, 0.1) is 5.82 Å². The molecule has 2 rings (SSSR count). The first-order valence-corrected chi connectivity index (χ1v) is 9.31. The Labute approximate surface area is 153 Å².